The molecule has 0 bridgehead atoms. The lowest BCUT2D eigenvalue weighted by molar-refractivity contribution is 0.610. The van der Waals surface area contributed by atoms with E-state index in [0.717, 1.165) is 22.4 Å². The number of halogens is 1. The number of fused-ring (bicyclic) bond motifs is 1. The molecule has 0 radical (unpaired) electrons. The van der Waals surface area contributed by atoms with Gasteiger partial charge in [-0.05, 0) is 49.7 Å². The Labute approximate surface area is 167 Å². The van der Waals surface area contributed by atoms with Crippen molar-refractivity contribution in [1.29, 1.82) is 0 Å². The Kier molecular flexibility index (Phi) is 4.84. The zero-order valence-electron chi connectivity index (χ0n) is 15.4. The van der Waals surface area contributed by atoms with Crippen molar-refractivity contribution in [2.75, 3.05) is 5.32 Å². The molecule has 1 atom stereocenters. The van der Waals surface area contributed by atoms with Crippen molar-refractivity contribution in [3.63, 3.8) is 0 Å². The second-order valence-electron chi connectivity index (χ2n) is 6.66. The Morgan fingerprint density at radius 3 is 2.71 bits per heavy atom. The molecule has 6 heteroatoms. The number of rotatable bonds is 4. The van der Waals surface area contributed by atoms with Gasteiger partial charge in [0.15, 0.2) is 10.6 Å². The first-order chi connectivity index (χ1) is 13.5. The zero-order valence-corrected chi connectivity index (χ0v) is 16.2. The highest BCUT2D eigenvalue weighted by Crippen LogP contribution is 2.31. The van der Waals surface area contributed by atoms with Crippen LogP contribution >= 0.6 is 11.6 Å². The summed E-state index contributed by atoms with van der Waals surface area (Å²) in [5.74, 6) is 0.488. The van der Waals surface area contributed by atoms with Crippen molar-refractivity contribution in [2.24, 2.45) is 0 Å². The predicted octanol–water partition coefficient (Wildman–Crippen LogP) is 5.38. The van der Waals surface area contributed by atoms with E-state index in [-0.39, 0.29) is 11.5 Å². The maximum absolute atomic E-state index is 12.8. The molecule has 4 aromatic rings. The standard InChI is InChI=1S/C22H18ClN3O2/c1-13-9-16(14(2)26-18-6-4-8-25-22(18)23)21-17(10-13)19(27)11-20(28-21)15-5-3-7-24-12-15/h3-12,14,26H,1-2H3/t14-/m1/s1. The van der Waals surface area contributed by atoms with Crippen LogP contribution in [0.5, 0.6) is 0 Å². The number of anilines is 1. The molecule has 0 saturated heterocycles. The van der Waals surface area contributed by atoms with Gasteiger partial charge in [0, 0.05) is 35.8 Å². The van der Waals surface area contributed by atoms with Crippen LogP contribution in [0.4, 0.5) is 5.69 Å². The Hall–Kier alpha value is -3.18. The second-order valence-corrected chi connectivity index (χ2v) is 7.01. The normalized spacial score (nSPS) is 12.1. The van der Waals surface area contributed by atoms with Crippen molar-refractivity contribution in [3.8, 4) is 11.3 Å². The summed E-state index contributed by atoms with van der Waals surface area (Å²) in [7, 11) is 0. The number of hydrogen-bond acceptors (Lipinski definition) is 5. The maximum atomic E-state index is 12.8. The topological polar surface area (TPSA) is 68.0 Å². The number of aryl methyl sites for hydroxylation is 1. The monoisotopic (exact) mass is 391 g/mol. The molecule has 4 rings (SSSR count). The molecule has 1 aromatic carbocycles. The van der Waals surface area contributed by atoms with Crippen LogP contribution in [0.2, 0.25) is 5.15 Å². The number of aromatic nitrogens is 2. The Bertz CT molecular complexity index is 1210. The molecule has 140 valence electrons. The van der Waals surface area contributed by atoms with Crippen LogP contribution in [0.15, 0.2) is 70.3 Å². The third-order valence-electron chi connectivity index (χ3n) is 4.55. The molecule has 0 unspecified atom stereocenters. The van der Waals surface area contributed by atoms with E-state index in [4.69, 9.17) is 16.0 Å². The van der Waals surface area contributed by atoms with Crippen LogP contribution in [-0.4, -0.2) is 9.97 Å². The van der Waals surface area contributed by atoms with Crippen LogP contribution in [0, 0.1) is 6.92 Å². The molecular formula is C22H18ClN3O2. The highest BCUT2D eigenvalue weighted by atomic mass is 35.5. The van der Waals surface area contributed by atoms with Gasteiger partial charge in [-0.1, -0.05) is 17.7 Å². The van der Waals surface area contributed by atoms with Gasteiger partial charge in [0.05, 0.1) is 17.1 Å². The first kappa shape index (κ1) is 18.2. The Morgan fingerprint density at radius 2 is 1.96 bits per heavy atom. The molecule has 0 aliphatic heterocycles. The molecule has 0 saturated carbocycles. The van der Waals surface area contributed by atoms with Gasteiger partial charge in [-0.3, -0.25) is 9.78 Å². The van der Waals surface area contributed by atoms with Crippen LogP contribution < -0.4 is 10.7 Å². The lowest BCUT2D eigenvalue weighted by Crippen LogP contribution is -2.10. The van der Waals surface area contributed by atoms with Gasteiger partial charge in [0.25, 0.3) is 0 Å². The minimum absolute atomic E-state index is 0.0864. The number of pyridine rings is 2. The lowest BCUT2D eigenvalue weighted by atomic mass is 10.0. The summed E-state index contributed by atoms with van der Waals surface area (Å²) in [5, 5.41) is 4.30. The van der Waals surface area contributed by atoms with Crippen molar-refractivity contribution in [1.82, 2.24) is 9.97 Å². The van der Waals surface area contributed by atoms with E-state index >= 15 is 0 Å². The summed E-state index contributed by atoms with van der Waals surface area (Å²) < 4.78 is 6.18. The van der Waals surface area contributed by atoms with E-state index in [1.165, 1.54) is 6.07 Å². The maximum Gasteiger partial charge on any atom is 0.193 e. The molecular weight excluding hydrogens is 374 g/mol. The first-order valence-electron chi connectivity index (χ1n) is 8.89. The lowest BCUT2D eigenvalue weighted by Gasteiger charge is -2.18. The Balaban J connectivity index is 1.86. The minimum Gasteiger partial charge on any atom is -0.455 e. The second kappa shape index (κ2) is 7.44. The minimum atomic E-state index is -0.156. The third kappa shape index (κ3) is 3.49. The smallest absolute Gasteiger partial charge is 0.193 e. The van der Waals surface area contributed by atoms with Gasteiger partial charge >= 0.3 is 0 Å². The number of nitrogens with one attached hydrogen (secondary N) is 1. The molecule has 5 nitrogen and oxygen atoms in total. The number of hydrogen-bond donors (Lipinski definition) is 1. The molecule has 3 heterocycles. The first-order valence-corrected chi connectivity index (χ1v) is 9.26. The van der Waals surface area contributed by atoms with E-state index in [2.05, 4.69) is 15.3 Å². The zero-order chi connectivity index (χ0) is 19.7. The fourth-order valence-electron chi connectivity index (χ4n) is 3.21. The summed E-state index contributed by atoms with van der Waals surface area (Å²) in [4.78, 5) is 21.0. The molecule has 3 aromatic heterocycles. The average Bonchev–Trinajstić information content (AvgIpc) is 2.70. The van der Waals surface area contributed by atoms with Crippen LogP contribution in [0.1, 0.15) is 24.1 Å². The van der Waals surface area contributed by atoms with E-state index in [1.54, 1.807) is 18.6 Å². The van der Waals surface area contributed by atoms with Gasteiger partial charge < -0.3 is 9.73 Å². The summed E-state index contributed by atoms with van der Waals surface area (Å²) >= 11 is 6.18. The van der Waals surface area contributed by atoms with Crippen LogP contribution in [0.25, 0.3) is 22.3 Å². The van der Waals surface area contributed by atoms with Crippen molar-refractivity contribution >= 4 is 28.3 Å². The van der Waals surface area contributed by atoms with Gasteiger partial charge in [-0.2, -0.15) is 0 Å². The molecule has 0 amide bonds. The van der Waals surface area contributed by atoms with Crippen LogP contribution in [-0.2, 0) is 0 Å². The molecule has 28 heavy (non-hydrogen) atoms. The predicted molar refractivity (Wildman–Crippen MR) is 112 cm³/mol. The summed E-state index contributed by atoms with van der Waals surface area (Å²) in [6, 6.07) is 12.6. The van der Waals surface area contributed by atoms with Gasteiger partial charge in [0.2, 0.25) is 0 Å². The summed E-state index contributed by atoms with van der Waals surface area (Å²) in [5.41, 5.74) is 3.79. The van der Waals surface area contributed by atoms with Gasteiger partial charge in [-0.25, -0.2) is 4.98 Å². The third-order valence-corrected chi connectivity index (χ3v) is 4.85. The van der Waals surface area contributed by atoms with Crippen molar-refractivity contribution in [2.45, 2.75) is 19.9 Å². The summed E-state index contributed by atoms with van der Waals surface area (Å²) in [6.07, 6.45) is 5.00. The molecule has 0 fully saturated rings. The highest BCUT2D eigenvalue weighted by Gasteiger charge is 2.17. The van der Waals surface area contributed by atoms with E-state index < -0.39 is 0 Å². The van der Waals surface area contributed by atoms with Crippen molar-refractivity contribution < 1.29 is 4.42 Å². The molecule has 0 aliphatic carbocycles. The van der Waals surface area contributed by atoms with Crippen molar-refractivity contribution in [3.05, 3.63) is 87.6 Å². The molecule has 1 N–H and O–H groups in total. The number of nitrogens with zero attached hydrogens (tertiary/aromatic N) is 2. The summed E-state index contributed by atoms with van der Waals surface area (Å²) in [6.45, 7) is 3.95. The average molecular weight is 392 g/mol. The molecule has 0 spiro atoms. The van der Waals surface area contributed by atoms with Gasteiger partial charge in [0.1, 0.15) is 11.3 Å². The van der Waals surface area contributed by atoms with Gasteiger partial charge in [-0.15, -0.1) is 0 Å². The SMILES string of the molecule is Cc1cc([C@@H](C)Nc2cccnc2Cl)c2oc(-c3cccnc3)cc(=O)c2c1. The highest BCUT2D eigenvalue weighted by molar-refractivity contribution is 6.31. The fourth-order valence-corrected chi connectivity index (χ4v) is 3.39. The van der Waals surface area contributed by atoms with E-state index in [9.17, 15) is 4.79 Å². The largest absolute Gasteiger partial charge is 0.455 e. The quantitative estimate of drug-likeness (QED) is 0.473. The fraction of sp³-hybridized carbons (Fsp3) is 0.136. The molecule has 0 aliphatic rings. The number of benzene rings is 1. The van der Waals surface area contributed by atoms with E-state index in [0.29, 0.717) is 21.9 Å². The van der Waals surface area contributed by atoms with E-state index in [1.807, 2.05) is 50.2 Å². The van der Waals surface area contributed by atoms with Crippen LogP contribution in [0.3, 0.4) is 0 Å². The Morgan fingerprint density at radius 1 is 1.14 bits per heavy atom.